The van der Waals surface area contributed by atoms with Crippen molar-refractivity contribution in [2.45, 2.75) is 6.42 Å². The number of fused-ring (bicyclic) bond motifs is 1. The molecule has 3 rings (SSSR count). The lowest BCUT2D eigenvalue weighted by Crippen LogP contribution is -2.40. The molecule has 0 aromatic heterocycles. The molecule has 0 bridgehead atoms. The van der Waals surface area contributed by atoms with Crippen molar-refractivity contribution in [2.24, 2.45) is 11.8 Å². The van der Waals surface area contributed by atoms with Crippen molar-refractivity contribution in [3.05, 3.63) is 28.2 Å². The fraction of sp³-hybridized carbons (Fsp3) is 0.500. The molecule has 3 nitrogen and oxygen atoms in total. The summed E-state index contributed by atoms with van der Waals surface area (Å²) in [7, 11) is 0. The molecule has 2 unspecified atom stereocenters. The normalized spacial score (nSPS) is 26.8. The third-order valence-electron chi connectivity index (χ3n) is 4.12. The molecule has 2 saturated heterocycles. The molecule has 1 aromatic carbocycles. The molecule has 0 aliphatic carbocycles. The Morgan fingerprint density at radius 2 is 2.17 bits per heavy atom. The van der Waals surface area contributed by atoms with Crippen molar-refractivity contribution in [2.75, 3.05) is 31.1 Å². The lowest BCUT2D eigenvalue weighted by atomic mass is 9.88. The van der Waals surface area contributed by atoms with Gasteiger partial charge in [0.2, 0.25) is 0 Å². The number of benzene rings is 1. The molecular formula is C14H16BrN3. The first-order chi connectivity index (χ1) is 8.78. The van der Waals surface area contributed by atoms with Crippen LogP contribution in [0.1, 0.15) is 12.0 Å². The van der Waals surface area contributed by atoms with Gasteiger partial charge < -0.3 is 10.2 Å². The molecule has 0 amide bonds. The fourth-order valence-corrected chi connectivity index (χ4v) is 3.49. The highest BCUT2D eigenvalue weighted by molar-refractivity contribution is 9.10. The number of hydrogen-bond acceptors (Lipinski definition) is 3. The Morgan fingerprint density at radius 1 is 1.33 bits per heavy atom. The van der Waals surface area contributed by atoms with Crippen LogP contribution in [0.3, 0.4) is 0 Å². The molecule has 0 radical (unpaired) electrons. The summed E-state index contributed by atoms with van der Waals surface area (Å²) < 4.78 is 0.972. The van der Waals surface area contributed by atoms with Crippen LogP contribution in [-0.2, 0) is 0 Å². The summed E-state index contributed by atoms with van der Waals surface area (Å²) in [6.07, 6.45) is 1.23. The van der Waals surface area contributed by atoms with Crippen LogP contribution in [0.4, 0.5) is 5.69 Å². The maximum Gasteiger partial charge on any atom is 0.101 e. The van der Waals surface area contributed by atoms with E-state index < -0.39 is 0 Å². The second-order valence-corrected chi connectivity index (χ2v) is 6.10. The van der Waals surface area contributed by atoms with E-state index in [2.05, 4.69) is 38.3 Å². The summed E-state index contributed by atoms with van der Waals surface area (Å²) in [4.78, 5) is 2.37. The Labute approximate surface area is 116 Å². The highest BCUT2D eigenvalue weighted by Crippen LogP contribution is 2.32. The van der Waals surface area contributed by atoms with E-state index in [1.54, 1.807) is 0 Å². The molecule has 4 heteroatoms. The van der Waals surface area contributed by atoms with Crippen molar-refractivity contribution in [3.63, 3.8) is 0 Å². The molecule has 18 heavy (non-hydrogen) atoms. The van der Waals surface area contributed by atoms with E-state index >= 15 is 0 Å². The number of nitrogens with one attached hydrogen (secondary N) is 1. The zero-order chi connectivity index (χ0) is 12.5. The average molecular weight is 306 g/mol. The van der Waals surface area contributed by atoms with Gasteiger partial charge in [-0.2, -0.15) is 5.26 Å². The van der Waals surface area contributed by atoms with Gasteiger partial charge in [-0.05, 0) is 49.5 Å². The van der Waals surface area contributed by atoms with E-state index in [9.17, 15) is 5.26 Å². The van der Waals surface area contributed by atoms with Gasteiger partial charge in [0.05, 0.1) is 11.3 Å². The van der Waals surface area contributed by atoms with Crippen LogP contribution in [0.25, 0.3) is 0 Å². The molecule has 2 heterocycles. The topological polar surface area (TPSA) is 39.1 Å². The first-order valence-corrected chi connectivity index (χ1v) is 7.22. The molecule has 94 valence electrons. The van der Waals surface area contributed by atoms with Gasteiger partial charge in [0.1, 0.15) is 6.07 Å². The Hall–Kier alpha value is -1.05. The van der Waals surface area contributed by atoms with Gasteiger partial charge in [-0.15, -0.1) is 0 Å². The lowest BCUT2D eigenvalue weighted by molar-refractivity contribution is 0.349. The van der Waals surface area contributed by atoms with Crippen LogP contribution in [0.5, 0.6) is 0 Å². The number of piperidine rings is 1. The smallest absolute Gasteiger partial charge is 0.101 e. The largest absolute Gasteiger partial charge is 0.370 e. The van der Waals surface area contributed by atoms with Crippen LogP contribution in [0, 0.1) is 23.2 Å². The minimum atomic E-state index is 0.744. The molecule has 0 spiro atoms. The first-order valence-electron chi connectivity index (χ1n) is 6.43. The molecule has 2 aliphatic heterocycles. The van der Waals surface area contributed by atoms with E-state index in [4.69, 9.17) is 0 Å². The van der Waals surface area contributed by atoms with Gasteiger partial charge in [0, 0.05) is 17.6 Å². The SMILES string of the molecule is N#Cc1cc(Br)ccc1N1CCC2CNCC2C1. The number of hydrogen-bond donors (Lipinski definition) is 1. The standard InChI is InChI=1S/C14H16BrN3/c15-13-1-2-14(11(5-13)6-16)18-4-3-10-7-17-8-12(10)9-18/h1-2,5,10,12,17H,3-4,7-9H2. The molecule has 2 atom stereocenters. The maximum absolute atomic E-state index is 9.25. The Balaban J connectivity index is 1.85. The van der Waals surface area contributed by atoms with Gasteiger partial charge in [0.15, 0.2) is 0 Å². The van der Waals surface area contributed by atoms with Crippen molar-refractivity contribution in [1.82, 2.24) is 5.32 Å². The second kappa shape index (κ2) is 4.91. The molecular weight excluding hydrogens is 290 g/mol. The first kappa shape index (κ1) is 12.0. The highest BCUT2D eigenvalue weighted by atomic mass is 79.9. The van der Waals surface area contributed by atoms with E-state index in [-0.39, 0.29) is 0 Å². The number of anilines is 1. The number of rotatable bonds is 1. The van der Waals surface area contributed by atoms with Crippen LogP contribution < -0.4 is 10.2 Å². The van der Waals surface area contributed by atoms with Crippen molar-refractivity contribution in [1.29, 1.82) is 5.26 Å². The van der Waals surface area contributed by atoms with E-state index in [1.807, 2.05) is 12.1 Å². The van der Waals surface area contributed by atoms with Crippen LogP contribution in [0.2, 0.25) is 0 Å². The number of nitriles is 1. The van der Waals surface area contributed by atoms with E-state index in [0.29, 0.717) is 0 Å². The summed E-state index contributed by atoms with van der Waals surface area (Å²) in [5.41, 5.74) is 1.86. The Bertz CT molecular complexity index is 494. The van der Waals surface area contributed by atoms with Gasteiger partial charge in [0.25, 0.3) is 0 Å². The summed E-state index contributed by atoms with van der Waals surface area (Å²) in [6, 6.07) is 8.30. The summed E-state index contributed by atoms with van der Waals surface area (Å²) >= 11 is 3.43. The Morgan fingerprint density at radius 3 is 3.00 bits per heavy atom. The van der Waals surface area contributed by atoms with E-state index in [1.165, 1.54) is 13.0 Å². The fourth-order valence-electron chi connectivity index (χ4n) is 3.13. The lowest BCUT2D eigenvalue weighted by Gasteiger charge is -2.36. The highest BCUT2D eigenvalue weighted by Gasteiger charge is 2.33. The van der Waals surface area contributed by atoms with Gasteiger partial charge >= 0.3 is 0 Å². The molecule has 2 aliphatic rings. The predicted octanol–water partition coefficient (Wildman–Crippen LogP) is 2.37. The Kier molecular flexibility index (Phi) is 3.27. The van der Waals surface area contributed by atoms with Crippen LogP contribution >= 0.6 is 15.9 Å². The third kappa shape index (κ3) is 2.13. The third-order valence-corrected chi connectivity index (χ3v) is 4.62. The number of nitrogens with zero attached hydrogens (tertiary/aromatic N) is 2. The monoisotopic (exact) mass is 305 g/mol. The quantitative estimate of drug-likeness (QED) is 0.866. The zero-order valence-electron chi connectivity index (χ0n) is 10.2. The van der Waals surface area contributed by atoms with Crippen molar-refractivity contribution < 1.29 is 0 Å². The van der Waals surface area contributed by atoms with Gasteiger partial charge in [-0.3, -0.25) is 0 Å². The summed E-state index contributed by atoms with van der Waals surface area (Å²) in [6.45, 7) is 4.44. The molecule has 0 saturated carbocycles. The molecule has 2 fully saturated rings. The predicted molar refractivity (Wildman–Crippen MR) is 75.5 cm³/mol. The van der Waals surface area contributed by atoms with Crippen molar-refractivity contribution in [3.8, 4) is 6.07 Å². The summed E-state index contributed by atoms with van der Waals surface area (Å²) in [5, 5.41) is 12.7. The number of halogens is 1. The maximum atomic E-state index is 9.25. The molecule has 1 N–H and O–H groups in total. The van der Waals surface area contributed by atoms with Crippen molar-refractivity contribution >= 4 is 21.6 Å². The van der Waals surface area contributed by atoms with Gasteiger partial charge in [-0.1, -0.05) is 15.9 Å². The second-order valence-electron chi connectivity index (χ2n) is 5.19. The summed E-state index contributed by atoms with van der Waals surface area (Å²) in [5.74, 6) is 1.58. The average Bonchev–Trinajstić information content (AvgIpc) is 2.85. The molecule has 1 aromatic rings. The van der Waals surface area contributed by atoms with Crippen LogP contribution in [-0.4, -0.2) is 26.2 Å². The van der Waals surface area contributed by atoms with Crippen LogP contribution in [0.15, 0.2) is 22.7 Å². The minimum Gasteiger partial charge on any atom is -0.370 e. The minimum absolute atomic E-state index is 0.744. The zero-order valence-corrected chi connectivity index (χ0v) is 11.8. The van der Waals surface area contributed by atoms with Gasteiger partial charge in [-0.25, -0.2) is 0 Å². The van der Waals surface area contributed by atoms with E-state index in [0.717, 1.165) is 47.2 Å².